The molecule has 2 aliphatic rings. The fourth-order valence-corrected chi connectivity index (χ4v) is 4.32. The van der Waals surface area contributed by atoms with Gasteiger partial charge in [0.25, 0.3) is 0 Å². The van der Waals surface area contributed by atoms with Crippen molar-refractivity contribution in [1.82, 2.24) is 10.6 Å². The third kappa shape index (κ3) is 3.75. The SMILES string of the molecule is O=C(O)CNC(=O)C1(CNC(=O)OCC2c3ccccc3-c3ccccc32)CCC1. The Balaban J connectivity index is 1.35. The Morgan fingerprint density at radius 3 is 2.10 bits per heavy atom. The number of hydrogen-bond donors (Lipinski definition) is 3. The van der Waals surface area contributed by atoms with Crippen LogP contribution < -0.4 is 10.6 Å². The number of amides is 2. The lowest BCUT2D eigenvalue weighted by atomic mass is 9.68. The van der Waals surface area contributed by atoms with Crippen LogP contribution in [0.4, 0.5) is 4.79 Å². The molecule has 30 heavy (non-hydrogen) atoms. The first-order valence-corrected chi connectivity index (χ1v) is 10.1. The molecule has 2 aromatic rings. The van der Waals surface area contributed by atoms with Crippen LogP contribution in [0, 0.1) is 5.41 Å². The number of ether oxygens (including phenoxy) is 1. The van der Waals surface area contributed by atoms with Gasteiger partial charge in [-0.1, -0.05) is 55.0 Å². The zero-order valence-electron chi connectivity index (χ0n) is 16.5. The predicted molar refractivity (Wildman–Crippen MR) is 110 cm³/mol. The molecule has 0 aliphatic heterocycles. The molecule has 2 aromatic carbocycles. The zero-order chi connectivity index (χ0) is 21.1. The van der Waals surface area contributed by atoms with Gasteiger partial charge in [0.1, 0.15) is 13.2 Å². The molecule has 0 atom stereocenters. The molecule has 2 aliphatic carbocycles. The van der Waals surface area contributed by atoms with E-state index in [0.29, 0.717) is 12.8 Å². The average molecular weight is 408 g/mol. The molecule has 156 valence electrons. The largest absolute Gasteiger partial charge is 0.480 e. The molecule has 0 saturated heterocycles. The third-order valence-corrected chi connectivity index (χ3v) is 6.11. The van der Waals surface area contributed by atoms with E-state index in [1.54, 1.807) is 0 Å². The molecule has 4 rings (SSSR count). The molecule has 1 saturated carbocycles. The monoisotopic (exact) mass is 408 g/mol. The van der Waals surface area contributed by atoms with Crippen LogP contribution in [0.15, 0.2) is 48.5 Å². The summed E-state index contributed by atoms with van der Waals surface area (Å²) in [5.74, 6) is -1.46. The zero-order valence-corrected chi connectivity index (χ0v) is 16.5. The topological polar surface area (TPSA) is 105 Å². The van der Waals surface area contributed by atoms with Crippen LogP contribution >= 0.6 is 0 Å². The maximum atomic E-state index is 12.3. The van der Waals surface area contributed by atoms with Gasteiger partial charge < -0.3 is 20.5 Å². The van der Waals surface area contributed by atoms with Crippen LogP contribution in [0.2, 0.25) is 0 Å². The van der Waals surface area contributed by atoms with E-state index < -0.39 is 24.0 Å². The number of carboxylic acids is 1. The van der Waals surface area contributed by atoms with Crippen molar-refractivity contribution in [3.63, 3.8) is 0 Å². The van der Waals surface area contributed by atoms with Gasteiger partial charge >= 0.3 is 12.1 Å². The minimum atomic E-state index is -1.10. The van der Waals surface area contributed by atoms with Crippen LogP contribution in [0.25, 0.3) is 11.1 Å². The van der Waals surface area contributed by atoms with Crippen LogP contribution in [0.3, 0.4) is 0 Å². The summed E-state index contributed by atoms with van der Waals surface area (Å²) in [5, 5.41) is 13.9. The van der Waals surface area contributed by atoms with Gasteiger partial charge in [0.2, 0.25) is 5.91 Å². The van der Waals surface area contributed by atoms with Crippen molar-refractivity contribution in [3.05, 3.63) is 59.7 Å². The number of aliphatic carboxylic acids is 1. The number of carboxylic acid groups (broad SMARTS) is 1. The highest BCUT2D eigenvalue weighted by Gasteiger charge is 2.44. The maximum Gasteiger partial charge on any atom is 0.407 e. The molecule has 2 amide bonds. The van der Waals surface area contributed by atoms with Gasteiger partial charge in [0.15, 0.2) is 0 Å². The molecule has 0 unspecified atom stereocenters. The quantitative estimate of drug-likeness (QED) is 0.653. The van der Waals surface area contributed by atoms with E-state index in [9.17, 15) is 14.4 Å². The Morgan fingerprint density at radius 2 is 1.57 bits per heavy atom. The number of alkyl carbamates (subject to hydrolysis) is 1. The maximum absolute atomic E-state index is 12.3. The summed E-state index contributed by atoms with van der Waals surface area (Å²) in [5.41, 5.74) is 3.84. The van der Waals surface area contributed by atoms with Crippen molar-refractivity contribution < 1.29 is 24.2 Å². The number of benzene rings is 2. The van der Waals surface area contributed by atoms with Crippen LogP contribution in [-0.4, -0.2) is 42.8 Å². The standard InChI is InChI=1S/C23H24N2O5/c26-20(27)12-24-21(28)23(10-5-11-23)14-25-22(29)30-13-19-17-8-3-1-6-15(17)16-7-2-4-9-18(16)19/h1-4,6-9,19H,5,10-14H2,(H,24,28)(H,25,29)(H,26,27). The van der Waals surface area contributed by atoms with Crippen molar-refractivity contribution in [1.29, 1.82) is 0 Å². The summed E-state index contributed by atoms with van der Waals surface area (Å²) in [6.07, 6.45) is 1.52. The summed E-state index contributed by atoms with van der Waals surface area (Å²) >= 11 is 0. The molecule has 3 N–H and O–H groups in total. The van der Waals surface area contributed by atoms with E-state index in [2.05, 4.69) is 34.9 Å². The smallest absolute Gasteiger partial charge is 0.407 e. The Labute approximate surface area is 174 Å². The van der Waals surface area contributed by atoms with Crippen LogP contribution in [0.1, 0.15) is 36.3 Å². The van der Waals surface area contributed by atoms with Crippen LogP contribution in [0.5, 0.6) is 0 Å². The van der Waals surface area contributed by atoms with Gasteiger partial charge in [0, 0.05) is 12.5 Å². The summed E-state index contributed by atoms with van der Waals surface area (Å²) in [4.78, 5) is 35.4. The first kappa shape index (κ1) is 19.9. The second kappa shape index (κ2) is 8.18. The van der Waals surface area contributed by atoms with Crippen LogP contribution in [-0.2, 0) is 14.3 Å². The molecular weight excluding hydrogens is 384 g/mol. The Bertz CT molecular complexity index is 938. The lowest BCUT2D eigenvalue weighted by Crippen LogP contribution is -2.53. The Hall–Kier alpha value is -3.35. The first-order valence-electron chi connectivity index (χ1n) is 10.1. The normalized spacial score (nSPS) is 16.0. The highest BCUT2D eigenvalue weighted by Crippen LogP contribution is 2.44. The second-order valence-corrected chi connectivity index (χ2v) is 7.89. The van der Waals surface area contributed by atoms with Gasteiger partial charge in [0.05, 0.1) is 5.41 Å². The summed E-state index contributed by atoms with van der Waals surface area (Å²) in [7, 11) is 0. The third-order valence-electron chi connectivity index (χ3n) is 6.11. The van der Waals surface area contributed by atoms with Gasteiger partial charge in [-0.2, -0.15) is 0 Å². The minimum Gasteiger partial charge on any atom is -0.480 e. The van der Waals surface area contributed by atoms with E-state index in [4.69, 9.17) is 9.84 Å². The molecule has 0 bridgehead atoms. The fraction of sp³-hybridized carbons (Fsp3) is 0.348. The predicted octanol–water partition coefficient (Wildman–Crippen LogP) is 2.90. The molecule has 0 heterocycles. The lowest BCUT2D eigenvalue weighted by molar-refractivity contribution is -0.142. The van der Waals surface area contributed by atoms with E-state index in [-0.39, 0.29) is 25.0 Å². The fourth-order valence-electron chi connectivity index (χ4n) is 4.32. The summed E-state index contributed by atoms with van der Waals surface area (Å²) in [6, 6.07) is 16.2. The lowest BCUT2D eigenvalue weighted by Gasteiger charge is -2.39. The number of carbonyl (C=O) groups is 3. The van der Waals surface area contributed by atoms with Gasteiger partial charge in [-0.25, -0.2) is 4.79 Å². The van der Waals surface area contributed by atoms with E-state index in [1.165, 1.54) is 0 Å². The van der Waals surface area contributed by atoms with Crippen molar-refractivity contribution in [2.75, 3.05) is 19.7 Å². The average Bonchev–Trinajstić information content (AvgIpc) is 3.04. The van der Waals surface area contributed by atoms with Crippen molar-refractivity contribution in [3.8, 4) is 11.1 Å². The number of carbonyl (C=O) groups excluding carboxylic acids is 2. The van der Waals surface area contributed by atoms with E-state index >= 15 is 0 Å². The molecule has 0 radical (unpaired) electrons. The molecular formula is C23H24N2O5. The van der Waals surface area contributed by atoms with Gasteiger partial charge in [-0.05, 0) is 35.1 Å². The van der Waals surface area contributed by atoms with Gasteiger partial charge in [-0.15, -0.1) is 0 Å². The summed E-state index contributed by atoms with van der Waals surface area (Å²) < 4.78 is 5.51. The number of fused-ring (bicyclic) bond motifs is 3. The molecule has 0 spiro atoms. The molecule has 7 nitrogen and oxygen atoms in total. The van der Waals surface area contributed by atoms with E-state index in [1.807, 2.05) is 24.3 Å². The number of hydrogen-bond acceptors (Lipinski definition) is 4. The van der Waals surface area contributed by atoms with Crippen molar-refractivity contribution >= 4 is 18.0 Å². The van der Waals surface area contributed by atoms with Gasteiger partial charge in [-0.3, -0.25) is 9.59 Å². The number of rotatable bonds is 7. The van der Waals surface area contributed by atoms with E-state index in [0.717, 1.165) is 28.7 Å². The Kier molecular flexibility index (Phi) is 5.44. The molecule has 1 fully saturated rings. The highest BCUT2D eigenvalue weighted by atomic mass is 16.5. The molecule has 0 aromatic heterocycles. The minimum absolute atomic E-state index is 0.0281. The number of nitrogens with one attached hydrogen (secondary N) is 2. The molecule has 7 heteroatoms. The highest BCUT2D eigenvalue weighted by molar-refractivity contribution is 5.87. The Morgan fingerprint density at radius 1 is 0.967 bits per heavy atom. The van der Waals surface area contributed by atoms with Crippen molar-refractivity contribution in [2.24, 2.45) is 5.41 Å². The summed E-state index contributed by atoms with van der Waals surface area (Å²) in [6.45, 7) is -0.0846. The second-order valence-electron chi connectivity index (χ2n) is 7.89. The first-order chi connectivity index (χ1) is 14.5. The van der Waals surface area contributed by atoms with Crippen molar-refractivity contribution in [2.45, 2.75) is 25.2 Å².